The van der Waals surface area contributed by atoms with Gasteiger partial charge in [-0.3, -0.25) is 4.79 Å². The molecule has 3 rings (SSSR count). The number of para-hydroxylation sites is 1. The van der Waals surface area contributed by atoms with E-state index < -0.39 is 5.97 Å². The van der Waals surface area contributed by atoms with Crippen LogP contribution in [0.25, 0.3) is 0 Å². The van der Waals surface area contributed by atoms with Gasteiger partial charge < -0.3 is 15.2 Å². The highest BCUT2D eigenvalue weighted by atomic mass is 16.5. The van der Waals surface area contributed by atoms with Gasteiger partial charge in [-0.1, -0.05) is 18.2 Å². The van der Waals surface area contributed by atoms with Crippen LogP contribution in [-0.2, 0) is 9.59 Å². The minimum absolute atomic E-state index is 0.0147. The molecule has 1 atom stereocenters. The fourth-order valence-electron chi connectivity index (χ4n) is 3.36. The molecule has 120 valence electrons. The lowest BCUT2D eigenvalue weighted by Crippen LogP contribution is -2.31. The third-order valence-corrected chi connectivity index (χ3v) is 4.56. The monoisotopic (exact) mass is 313 g/mol. The van der Waals surface area contributed by atoms with Crippen molar-refractivity contribution in [2.24, 2.45) is 0 Å². The number of carbonyl (C=O) groups is 2. The molecule has 1 aliphatic heterocycles. The molecule has 1 unspecified atom stereocenters. The number of hydrogen-bond acceptors (Lipinski definition) is 4. The van der Waals surface area contributed by atoms with Crippen LogP contribution in [0.1, 0.15) is 37.7 Å². The fourth-order valence-corrected chi connectivity index (χ4v) is 3.36. The van der Waals surface area contributed by atoms with Crippen LogP contribution >= 0.6 is 0 Å². The zero-order valence-electron chi connectivity index (χ0n) is 13.2. The maximum atomic E-state index is 12.5. The van der Waals surface area contributed by atoms with Crippen LogP contribution in [0.5, 0.6) is 5.75 Å². The van der Waals surface area contributed by atoms with Crippen molar-refractivity contribution in [2.75, 3.05) is 7.11 Å². The smallest absolute Gasteiger partial charge is 0.333 e. The van der Waals surface area contributed by atoms with Gasteiger partial charge in [0.25, 0.3) is 0 Å². The summed E-state index contributed by atoms with van der Waals surface area (Å²) in [6.07, 6.45) is 1.28. The first kappa shape index (κ1) is 15.3. The van der Waals surface area contributed by atoms with Crippen molar-refractivity contribution in [3.8, 4) is 5.75 Å². The Morgan fingerprint density at radius 2 is 2.04 bits per heavy atom. The molecule has 5 heteroatoms. The van der Waals surface area contributed by atoms with Crippen molar-refractivity contribution < 1.29 is 19.4 Å². The van der Waals surface area contributed by atoms with Gasteiger partial charge in [-0.25, -0.2) is 4.79 Å². The van der Waals surface area contributed by atoms with Crippen LogP contribution in [0.15, 0.2) is 46.8 Å². The van der Waals surface area contributed by atoms with Crippen molar-refractivity contribution in [3.63, 3.8) is 0 Å². The highest BCUT2D eigenvalue weighted by Gasteiger charge is 2.34. The van der Waals surface area contributed by atoms with E-state index in [0.29, 0.717) is 24.1 Å². The molecular formula is C18H19NO4. The molecule has 0 radical (unpaired) electrons. The van der Waals surface area contributed by atoms with Gasteiger partial charge in [-0.15, -0.1) is 0 Å². The maximum absolute atomic E-state index is 12.5. The largest absolute Gasteiger partial charge is 0.496 e. The van der Waals surface area contributed by atoms with Gasteiger partial charge in [-0.05, 0) is 25.0 Å². The average Bonchev–Trinajstić information content (AvgIpc) is 2.53. The Balaban J connectivity index is 1.91. The van der Waals surface area contributed by atoms with Crippen molar-refractivity contribution in [1.29, 1.82) is 0 Å². The lowest BCUT2D eigenvalue weighted by atomic mass is 9.78. The van der Waals surface area contributed by atoms with Gasteiger partial charge in [-0.2, -0.15) is 0 Å². The van der Waals surface area contributed by atoms with Gasteiger partial charge >= 0.3 is 5.97 Å². The molecule has 1 aromatic rings. The van der Waals surface area contributed by atoms with Crippen LogP contribution < -0.4 is 10.1 Å². The second kappa shape index (κ2) is 5.91. The second-order valence-corrected chi connectivity index (χ2v) is 5.94. The molecule has 0 aromatic heterocycles. The van der Waals surface area contributed by atoms with Gasteiger partial charge in [0.1, 0.15) is 5.75 Å². The van der Waals surface area contributed by atoms with E-state index >= 15 is 0 Å². The molecule has 0 spiro atoms. The predicted molar refractivity (Wildman–Crippen MR) is 85.1 cm³/mol. The number of ether oxygens (including phenoxy) is 1. The molecule has 0 saturated carbocycles. The van der Waals surface area contributed by atoms with Gasteiger partial charge in [0.2, 0.25) is 0 Å². The quantitative estimate of drug-likeness (QED) is 0.897. The van der Waals surface area contributed by atoms with Crippen LogP contribution in [-0.4, -0.2) is 24.0 Å². The zero-order chi connectivity index (χ0) is 16.6. The maximum Gasteiger partial charge on any atom is 0.333 e. The number of carbonyl (C=O) groups excluding carboxylic acids is 1. The van der Waals surface area contributed by atoms with E-state index in [1.807, 2.05) is 24.3 Å². The van der Waals surface area contributed by atoms with Crippen LogP contribution in [0.3, 0.4) is 0 Å². The van der Waals surface area contributed by atoms with Crippen molar-refractivity contribution >= 4 is 11.8 Å². The van der Waals surface area contributed by atoms with Crippen molar-refractivity contribution in [2.45, 2.75) is 32.1 Å². The third-order valence-electron chi connectivity index (χ3n) is 4.56. The molecular weight excluding hydrogens is 294 g/mol. The lowest BCUT2D eigenvalue weighted by Gasteiger charge is -2.31. The molecule has 23 heavy (non-hydrogen) atoms. The molecule has 1 aliphatic carbocycles. The number of aliphatic carboxylic acids is 1. The Morgan fingerprint density at radius 1 is 1.30 bits per heavy atom. The normalized spacial score (nSPS) is 21.0. The fraction of sp³-hybridized carbons (Fsp3) is 0.333. The zero-order valence-corrected chi connectivity index (χ0v) is 13.2. The summed E-state index contributed by atoms with van der Waals surface area (Å²) in [5, 5.41) is 12.4. The highest BCUT2D eigenvalue weighted by molar-refractivity contribution is 6.01. The molecule has 1 aromatic carbocycles. The SMILES string of the molecule is COc1ccccc1C1CC(=O)C2=C(C1)NC(C)=C(C(=O)O)C2. The Bertz CT molecular complexity index is 745. The van der Waals surface area contributed by atoms with E-state index in [-0.39, 0.29) is 23.7 Å². The highest BCUT2D eigenvalue weighted by Crippen LogP contribution is 2.40. The van der Waals surface area contributed by atoms with Gasteiger partial charge in [0.15, 0.2) is 5.78 Å². The summed E-state index contributed by atoms with van der Waals surface area (Å²) in [7, 11) is 1.62. The number of carboxylic acid groups (broad SMARTS) is 1. The summed E-state index contributed by atoms with van der Waals surface area (Å²) in [4.78, 5) is 23.8. The number of allylic oxidation sites excluding steroid dienone is 3. The van der Waals surface area contributed by atoms with Crippen molar-refractivity contribution in [1.82, 2.24) is 5.32 Å². The number of nitrogens with one attached hydrogen (secondary N) is 1. The summed E-state index contributed by atoms with van der Waals surface area (Å²) < 4.78 is 5.40. The van der Waals surface area contributed by atoms with Crippen molar-refractivity contribution in [3.05, 3.63) is 52.4 Å². The average molecular weight is 313 g/mol. The minimum atomic E-state index is -0.971. The first-order valence-corrected chi connectivity index (χ1v) is 7.59. The molecule has 0 fully saturated rings. The standard InChI is InChI=1S/C18H19NO4/c1-10-13(18(21)22)9-14-15(19-10)7-11(8-16(14)20)12-5-3-4-6-17(12)23-2/h3-6,11,19H,7-9H2,1-2H3,(H,21,22). The van der Waals surface area contributed by atoms with E-state index in [1.165, 1.54) is 0 Å². The number of methoxy groups -OCH3 is 1. The molecule has 2 N–H and O–H groups in total. The Kier molecular flexibility index (Phi) is 3.94. The molecule has 0 saturated heterocycles. The number of carboxylic acids is 1. The summed E-state index contributed by atoms with van der Waals surface area (Å²) in [6.45, 7) is 1.74. The predicted octanol–water partition coefficient (Wildman–Crippen LogP) is 2.75. The number of ketones is 1. The molecule has 5 nitrogen and oxygen atoms in total. The third kappa shape index (κ3) is 2.74. The van der Waals surface area contributed by atoms with E-state index in [1.54, 1.807) is 14.0 Å². The number of rotatable bonds is 3. The molecule has 1 heterocycles. The van der Waals surface area contributed by atoms with E-state index in [4.69, 9.17) is 4.74 Å². The summed E-state index contributed by atoms with van der Waals surface area (Å²) in [5.74, 6) is -0.130. The molecule has 0 bridgehead atoms. The van der Waals surface area contributed by atoms with E-state index in [0.717, 1.165) is 17.0 Å². The Labute approximate surface area is 134 Å². The number of hydrogen-bond donors (Lipinski definition) is 2. The molecule has 2 aliphatic rings. The first-order valence-electron chi connectivity index (χ1n) is 7.59. The Hall–Kier alpha value is -2.56. The van der Waals surface area contributed by atoms with Crippen LogP contribution in [0, 0.1) is 0 Å². The lowest BCUT2D eigenvalue weighted by molar-refractivity contribution is -0.132. The van der Waals surface area contributed by atoms with Gasteiger partial charge in [0, 0.05) is 35.7 Å². The molecule has 0 amide bonds. The summed E-state index contributed by atoms with van der Waals surface area (Å²) in [5.41, 5.74) is 3.36. The summed E-state index contributed by atoms with van der Waals surface area (Å²) >= 11 is 0. The van der Waals surface area contributed by atoms with Gasteiger partial charge in [0.05, 0.1) is 12.7 Å². The van der Waals surface area contributed by atoms with E-state index in [9.17, 15) is 14.7 Å². The number of dihydropyridines is 1. The van der Waals surface area contributed by atoms with Crippen LogP contribution in [0.2, 0.25) is 0 Å². The number of benzene rings is 1. The Morgan fingerprint density at radius 3 is 2.74 bits per heavy atom. The minimum Gasteiger partial charge on any atom is -0.496 e. The first-order chi connectivity index (χ1) is 11.0. The second-order valence-electron chi connectivity index (χ2n) is 5.94. The summed E-state index contributed by atoms with van der Waals surface area (Å²) in [6, 6.07) is 7.72. The number of Topliss-reactive ketones (excluding diaryl/α,β-unsaturated/α-hetero) is 1. The van der Waals surface area contributed by atoms with E-state index in [2.05, 4.69) is 5.32 Å². The van der Waals surface area contributed by atoms with Crippen LogP contribution in [0.4, 0.5) is 0 Å². The topological polar surface area (TPSA) is 75.6 Å².